The second-order valence-electron chi connectivity index (χ2n) is 4.14. The van der Waals surface area contributed by atoms with Crippen LogP contribution in [-0.2, 0) is 6.54 Å². The minimum absolute atomic E-state index is 0.212. The van der Waals surface area contributed by atoms with E-state index in [4.69, 9.17) is 0 Å². The fourth-order valence-corrected chi connectivity index (χ4v) is 2.07. The zero-order chi connectivity index (χ0) is 15.5. The second kappa shape index (κ2) is 6.30. The van der Waals surface area contributed by atoms with Crippen LogP contribution in [0.1, 0.15) is 11.5 Å². The predicted octanol–water partition coefficient (Wildman–Crippen LogP) is 4.06. The molecule has 8 heteroatoms. The first-order valence-corrected chi connectivity index (χ1v) is 6.70. The van der Waals surface area contributed by atoms with E-state index in [-0.39, 0.29) is 10.2 Å². The van der Waals surface area contributed by atoms with Gasteiger partial charge < -0.3 is 10.1 Å². The van der Waals surface area contributed by atoms with Crippen LogP contribution < -0.4 is 10.1 Å². The lowest BCUT2D eigenvalue weighted by atomic mass is 10.3. The summed E-state index contributed by atoms with van der Waals surface area (Å²) in [5.74, 6) is 0.371. The molecule has 1 N–H and O–H groups in total. The predicted molar refractivity (Wildman–Crippen MR) is 74.9 cm³/mol. The second-order valence-corrected chi connectivity index (χ2v) is 5.00. The van der Waals surface area contributed by atoms with E-state index in [1.807, 2.05) is 0 Å². The third-order valence-electron chi connectivity index (χ3n) is 2.46. The molecule has 1 aromatic heterocycles. The van der Waals surface area contributed by atoms with Gasteiger partial charge in [0.25, 0.3) is 0 Å². The van der Waals surface area contributed by atoms with Crippen LogP contribution in [0.2, 0.25) is 0 Å². The van der Waals surface area contributed by atoms with E-state index in [9.17, 15) is 13.2 Å². The molecule has 0 bridgehead atoms. The average Bonchev–Trinajstić information content (AvgIpc) is 2.38. The van der Waals surface area contributed by atoms with E-state index in [1.54, 1.807) is 19.2 Å². The number of halogens is 4. The number of ether oxygens (including phenoxy) is 1. The van der Waals surface area contributed by atoms with Crippen molar-refractivity contribution in [3.8, 4) is 5.75 Å². The van der Waals surface area contributed by atoms with E-state index in [0.717, 1.165) is 5.69 Å². The summed E-state index contributed by atoms with van der Waals surface area (Å²) in [7, 11) is 0. The molecule has 0 saturated carbocycles. The Bertz CT molecular complexity index is 634. The maximum absolute atomic E-state index is 12.2. The largest absolute Gasteiger partial charge is 0.573 e. The quantitative estimate of drug-likeness (QED) is 0.891. The summed E-state index contributed by atoms with van der Waals surface area (Å²) in [6, 6.07) is 6.01. The first kappa shape index (κ1) is 15.6. The van der Waals surface area contributed by atoms with Gasteiger partial charge in [-0.05, 0) is 47.1 Å². The summed E-state index contributed by atoms with van der Waals surface area (Å²) in [6.45, 7) is 2.22. The molecule has 0 spiro atoms. The third kappa shape index (κ3) is 4.89. The van der Waals surface area contributed by atoms with Gasteiger partial charge in [-0.15, -0.1) is 13.2 Å². The molecule has 0 unspecified atom stereocenters. The highest BCUT2D eigenvalue weighted by atomic mass is 79.9. The number of aromatic nitrogens is 2. The smallest absolute Gasteiger partial charge is 0.405 e. The number of hydrogen-bond donors (Lipinski definition) is 1. The van der Waals surface area contributed by atoms with Gasteiger partial charge >= 0.3 is 6.36 Å². The van der Waals surface area contributed by atoms with Crippen LogP contribution in [0, 0.1) is 6.92 Å². The normalized spacial score (nSPS) is 11.3. The van der Waals surface area contributed by atoms with Crippen LogP contribution >= 0.6 is 15.9 Å². The van der Waals surface area contributed by atoms with Gasteiger partial charge in [-0.3, -0.25) is 0 Å². The highest BCUT2D eigenvalue weighted by Gasteiger charge is 2.31. The Morgan fingerprint density at radius 3 is 2.67 bits per heavy atom. The fourth-order valence-electron chi connectivity index (χ4n) is 1.61. The van der Waals surface area contributed by atoms with Gasteiger partial charge in [-0.2, -0.15) is 0 Å². The molecule has 0 radical (unpaired) electrons. The molecule has 0 fully saturated rings. The van der Waals surface area contributed by atoms with Gasteiger partial charge in [0.1, 0.15) is 11.6 Å². The SMILES string of the molecule is Cc1nccc(CNc2ccc(OC(F)(F)F)c(Br)c2)n1. The molecule has 2 aromatic rings. The topological polar surface area (TPSA) is 47.0 Å². The van der Waals surface area contributed by atoms with Crippen LogP contribution in [-0.4, -0.2) is 16.3 Å². The van der Waals surface area contributed by atoms with Crippen molar-refractivity contribution in [3.63, 3.8) is 0 Å². The molecule has 0 aliphatic rings. The van der Waals surface area contributed by atoms with E-state index in [0.29, 0.717) is 18.1 Å². The molecular formula is C13H11BrF3N3O. The molecule has 0 atom stereocenters. The lowest BCUT2D eigenvalue weighted by Gasteiger charge is -2.12. The summed E-state index contributed by atoms with van der Waals surface area (Å²) in [6.07, 6.45) is -3.06. The lowest BCUT2D eigenvalue weighted by molar-refractivity contribution is -0.274. The van der Waals surface area contributed by atoms with Crippen molar-refractivity contribution in [2.45, 2.75) is 19.8 Å². The van der Waals surface area contributed by atoms with Crippen molar-refractivity contribution >= 4 is 21.6 Å². The summed E-state index contributed by atoms with van der Waals surface area (Å²) < 4.78 is 40.6. The molecule has 2 rings (SSSR count). The average molecular weight is 362 g/mol. The molecule has 0 aliphatic heterocycles. The molecular weight excluding hydrogens is 351 g/mol. The highest BCUT2D eigenvalue weighted by molar-refractivity contribution is 9.10. The lowest BCUT2D eigenvalue weighted by Crippen LogP contribution is -2.17. The van der Waals surface area contributed by atoms with Crippen LogP contribution in [0.4, 0.5) is 18.9 Å². The maximum Gasteiger partial charge on any atom is 0.573 e. The highest BCUT2D eigenvalue weighted by Crippen LogP contribution is 2.32. The molecule has 0 aliphatic carbocycles. The Morgan fingerprint density at radius 2 is 2.05 bits per heavy atom. The van der Waals surface area contributed by atoms with Crippen LogP contribution in [0.5, 0.6) is 5.75 Å². The number of aryl methyl sites for hydroxylation is 1. The number of benzene rings is 1. The van der Waals surface area contributed by atoms with E-state index < -0.39 is 6.36 Å². The van der Waals surface area contributed by atoms with Gasteiger partial charge in [-0.25, -0.2) is 9.97 Å². The van der Waals surface area contributed by atoms with Crippen molar-refractivity contribution in [2.24, 2.45) is 0 Å². The van der Waals surface area contributed by atoms with Crippen LogP contribution in [0.15, 0.2) is 34.9 Å². The Kier molecular flexibility index (Phi) is 4.66. The monoisotopic (exact) mass is 361 g/mol. The van der Waals surface area contributed by atoms with Gasteiger partial charge in [-0.1, -0.05) is 0 Å². The Balaban J connectivity index is 2.03. The van der Waals surface area contributed by atoms with Crippen molar-refractivity contribution < 1.29 is 17.9 Å². The van der Waals surface area contributed by atoms with E-state index in [1.165, 1.54) is 18.2 Å². The number of nitrogens with zero attached hydrogens (tertiary/aromatic N) is 2. The number of anilines is 1. The minimum atomic E-state index is -4.71. The van der Waals surface area contributed by atoms with E-state index in [2.05, 4.69) is 36.0 Å². The summed E-state index contributed by atoms with van der Waals surface area (Å²) in [5.41, 5.74) is 1.43. The van der Waals surface area contributed by atoms with Crippen molar-refractivity contribution in [1.29, 1.82) is 0 Å². The molecule has 112 valence electrons. The molecule has 21 heavy (non-hydrogen) atoms. The van der Waals surface area contributed by atoms with Crippen molar-refractivity contribution in [3.05, 3.63) is 46.5 Å². The molecule has 4 nitrogen and oxygen atoms in total. The third-order valence-corrected chi connectivity index (χ3v) is 3.08. The Morgan fingerprint density at radius 1 is 1.29 bits per heavy atom. The van der Waals surface area contributed by atoms with Gasteiger partial charge in [0.2, 0.25) is 0 Å². The number of alkyl halides is 3. The minimum Gasteiger partial charge on any atom is -0.405 e. The van der Waals surface area contributed by atoms with Gasteiger partial charge in [0.05, 0.1) is 16.7 Å². The number of nitrogens with one attached hydrogen (secondary N) is 1. The summed E-state index contributed by atoms with van der Waals surface area (Å²) >= 11 is 3.05. The van der Waals surface area contributed by atoms with Crippen LogP contribution in [0.25, 0.3) is 0 Å². The fraction of sp³-hybridized carbons (Fsp3) is 0.231. The molecule has 0 amide bonds. The molecule has 0 saturated heterocycles. The summed E-state index contributed by atoms with van der Waals surface area (Å²) in [4.78, 5) is 8.20. The first-order valence-electron chi connectivity index (χ1n) is 5.91. The Labute approximate surface area is 127 Å². The van der Waals surface area contributed by atoms with Gasteiger partial charge in [0.15, 0.2) is 0 Å². The number of hydrogen-bond acceptors (Lipinski definition) is 4. The first-order chi connectivity index (χ1) is 9.83. The summed E-state index contributed by atoms with van der Waals surface area (Å²) in [5, 5.41) is 3.06. The molecule has 1 heterocycles. The number of rotatable bonds is 4. The molecule has 1 aromatic carbocycles. The van der Waals surface area contributed by atoms with Crippen molar-refractivity contribution in [2.75, 3.05) is 5.32 Å². The standard InChI is InChI=1S/C13H11BrF3N3O/c1-8-18-5-4-10(20-8)7-19-9-2-3-12(11(14)6-9)21-13(15,16)17/h2-6,19H,7H2,1H3. The zero-order valence-electron chi connectivity index (χ0n) is 10.9. The van der Waals surface area contributed by atoms with E-state index >= 15 is 0 Å². The Hall–Kier alpha value is -1.83. The van der Waals surface area contributed by atoms with Gasteiger partial charge in [0, 0.05) is 11.9 Å². The van der Waals surface area contributed by atoms with Crippen molar-refractivity contribution in [1.82, 2.24) is 9.97 Å². The zero-order valence-corrected chi connectivity index (χ0v) is 12.5. The van der Waals surface area contributed by atoms with Crippen LogP contribution in [0.3, 0.4) is 0 Å². The maximum atomic E-state index is 12.2.